The van der Waals surface area contributed by atoms with E-state index in [0.717, 1.165) is 48.8 Å². The molecule has 0 saturated carbocycles. The number of hydrogen-bond donors (Lipinski definition) is 0. The standard InChI is InChI=1S/C18H23N3O2S/c1-13(22)21-9-3-6-16(21)15-5-2-8-20(15)12-14-11-17(23-19-14)18-7-4-10-24-18/h4,7,10-11,15-16H,2-3,5-6,8-9,12H2,1H3/t15-,16-/m0/s1. The van der Waals surface area contributed by atoms with Gasteiger partial charge in [-0.1, -0.05) is 11.2 Å². The largest absolute Gasteiger partial charge is 0.355 e. The highest BCUT2D eigenvalue weighted by Crippen LogP contribution is 2.32. The second kappa shape index (κ2) is 6.69. The predicted molar refractivity (Wildman–Crippen MR) is 93.7 cm³/mol. The zero-order chi connectivity index (χ0) is 16.5. The van der Waals surface area contributed by atoms with E-state index >= 15 is 0 Å². The van der Waals surface area contributed by atoms with Crippen molar-refractivity contribution < 1.29 is 9.32 Å². The summed E-state index contributed by atoms with van der Waals surface area (Å²) in [5.41, 5.74) is 0.984. The summed E-state index contributed by atoms with van der Waals surface area (Å²) in [7, 11) is 0. The number of thiophene rings is 1. The van der Waals surface area contributed by atoms with E-state index in [9.17, 15) is 4.79 Å². The molecule has 2 atom stereocenters. The molecular weight excluding hydrogens is 322 g/mol. The summed E-state index contributed by atoms with van der Waals surface area (Å²) in [6.45, 7) is 4.50. The molecule has 2 aromatic rings. The summed E-state index contributed by atoms with van der Waals surface area (Å²) in [6.07, 6.45) is 4.62. The molecule has 128 valence electrons. The van der Waals surface area contributed by atoms with Gasteiger partial charge in [-0.25, -0.2) is 0 Å². The molecule has 0 aliphatic carbocycles. The van der Waals surface area contributed by atoms with Crippen LogP contribution in [0.3, 0.4) is 0 Å². The van der Waals surface area contributed by atoms with E-state index in [1.807, 2.05) is 11.4 Å². The lowest BCUT2D eigenvalue weighted by atomic mass is 10.0. The highest BCUT2D eigenvalue weighted by atomic mass is 32.1. The SMILES string of the molecule is CC(=O)N1CCC[C@H]1[C@@H]1CCCN1Cc1cc(-c2cccs2)on1. The first-order valence-corrected chi connectivity index (χ1v) is 9.61. The predicted octanol–water partition coefficient (Wildman–Crippen LogP) is 3.38. The number of hydrogen-bond acceptors (Lipinski definition) is 5. The van der Waals surface area contributed by atoms with E-state index < -0.39 is 0 Å². The number of rotatable bonds is 4. The third-order valence-corrected chi connectivity index (χ3v) is 6.13. The van der Waals surface area contributed by atoms with Crippen LogP contribution in [0.25, 0.3) is 10.6 Å². The lowest BCUT2D eigenvalue weighted by molar-refractivity contribution is -0.130. The highest BCUT2D eigenvalue weighted by molar-refractivity contribution is 7.13. The number of aromatic nitrogens is 1. The van der Waals surface area contributed by atoms with Crippen molar-refractivity contribution in [3.05, 3.63) is 29.3 Å². The zero-order valence-corrected chi connectivity index (χ0v) is 14.8. The average molecular weight is 345 g/mol. The molecule has 2 aliphatic rings. The van der Waals surface area contributed by atoms with Gasteiger partial charge in [0.15, 0.2) is 5.76 Å². The van der Waals surface area contributed by atoms with Crippen LogP contribution in [0.2, 0.25) is 0 Å². The van der Waals surface area contributed by atoms with Crippen LogP contribution in [0.15, 0.2) is 28.1 Å². The van der Waals surface area contributed by atoms with Crippen molar-refractivity contribution in [3.8, 4) is 10.6 Å². The molecule has 2 aliphatic heterocycles. The van der Waals surface area contributed by atoms with Crippen LogP contribution >= 0.6 is 11.3 Å². The van der Waals surface area contributed by atoms with Crippen LogP contribution < -0.4 is 0 Å². The van der Waals surface area contributed by atoms with Gasteiger partial charge in [-0.05, 0) is 43.7 Å². The van der Waals surface area contributed by atoms with Crippen LogP contribution in [0, 0.1) is 0 Å². The lowest BCUT2D eigenvalue weighted by Gasteiger charge is -2.34. The summed E-state index contributed by atoms with van der Waals surface area (Å²) in [5, 5.41) is 6.31. The molecule has 0 N–H and O–H groups in total. The fraction of sp³-hybridized carbons (Fsp3) is 0.556. The second-order valence-electron chi connectivity index (χ2n) is 6.76. The minimum absolute atomic E-state index is 0.214. The van der Waals surface area contributed by atoms with E-state index in [4.69, 9.17) is 4.52 Å². The Kier molecular flexibility index (Phi) is 4.41. The summed E-state index contributed by atoms with van der Waals surface area (Å²) in [5.74, 6) is 1.06. The minimum Gasteiger partial charge on any atom is -0.355 e. The molecule has 0 aromatic carbocycles. The van der Waals surface area contributed by atoms with Gasteiger partial charge in [-0.15, -0.1) is 11.3 Å². The molecule has 0 bridgehead atoms. The molecule has 2 fully saturated rings. The minimum atomic E-state index is 0.214. The van der Waals surface area contributed by atoms with Crippen molar-refractivity contribution in [1.82, 2.24) is 15.0 Å². The van der Waals surface area contributed by atoms with Gasteiger partial charge in [0.05, 0.1) is 10.6 Å². The zero-order valence-electron chi connectivity index (χ0n) is 14.0. The van der Waals surface area contributed by atoms with E-state index in [-0.39, 0.29) is 5.91 Å². The summed E-state index contributed by atoms with van der Waals surface area (Å²) >= 11 is 1.67. The number of amides is 1. The lowest BCUT2D eigenvalue weighted by Crippen LogP contribution is -2.47. The van der Waals surface area contributed by atoms with Crippen molar-refractivity contribution in [3.63, 3.8) is 0 Å². The first kappa shape index (κ1) is 15.8. The van der Waals surface area contributed by atoms with Crippen molar-refractivity contribution in [2.24, 2.45) is 0 Å². The third kappa shape index (κ3) is 3.00. The first-order chi connectivity index (χ1) is 11.7. The molecule has 5 nitrogen and oxygen atoms in total. The quantitative estimate of drug-likeness (QED) is 0.852. The highest BCUT2D eigenvalue weighted by Gasteiger charge is 2.38. The van der Waals surface area contributed by atoms with Crippen LogP contribution in [-0.2, 0) is 11.3 Å². The number of nitrogens with zero attached hydrogens (tertiary/aromatic N) is 3. The van der Waals surface area contributed by atoms with Crippen LogP contribution in [0.5, 0.6) is 0 Å². The molecule has 4 rings (SSSR count). The first-order valence-electron chi connectivity index (χ1n) is 8.73. The number of likely N-dealkylation sites (tertiary alicyclic amines) is 2. The fourth-order valence-corrected chi connectivity index (χ4v) is 4.87. The molecule has 0 radical (unpaired) electrons. The Morgan fingerprint density at radius 1 is 1.33 bits per heavy atom. The topological polar surface area (TPSA) is 49.6 Å². The molecular formula is C18H23N3O2S. The molecule has 1 amide bonds. The average Bonchev–Trinajstić information content (AvgIpc) is 3.35. The van der Waals surface area contributed by atoms with E-state index in [0.29, 0.717) is 12.1 Å². The number of carbonyl (C=O) groups is 1. The molecule has 0 unspecified atom stereocenters. The van der Waals surface area contributed by atoms with E-state index in [1.165, 1.54) is 12.8 Å². The van der Waals surface area contributed by atoms with Gasteiger partial charge in [-0.3, -0.25) is 9.69 Å². The molecule has 6 heteroatoms. The van der Waals surface area contributed by atoms with E-state index in [1.54, 1.807) is 18.3 Å². The van der Waals surface area contributed by atoms with Crippen molar-refractivity contribution in [2.45, 2.75) is 51.2 Å². The van der Waals surface area contributed by atoms with Gasteiger partial charge < -0.3 is 9.42 Å². The van der Waals surface area contributed by atoms with Crippen molar-refractivity contribution >= 4 is 17.2 Å². The van der Waals surface area contributed by atoms with Crippen LogP contribution in [0.4, 0.5) is 0 Å². The van der Waals surface area contributed by atoms with Crippen molar-refractivity contribution in [2.75, 3.05) is 13.1 Å². The third-order valence-electron chi connectivity index (χ3n) is 5.25. The molecule has 0 spiro atoms. The van der Waals surface area contributed by atoms with Crippen LogP contribution in [0.1, 0.15) is 38.3 Å². The molecule has 24 heavy (non-hydrogen) atoms. The monoisotopic (exact) mass is 345 g/mol. The molecule has 4 heterocycles. The second-order valence-corrected chi connectivity index (χ2v) is 7.71. The van der Waals surface area contributed by atoms with Gasteiger partial charge in [0.2, 0.25) is 5.91 Å². The van der Waals surface area contributed by atoms with E-state index in [2.05, 4.69) is 27.1 Å². The Balaban J connectivity index is 1.47. The van der Waals surface area contributed by atoms with Crippen molar-refractivity contribution in [1.29, 1.82) is 0 Å². The smallest absolute Gasteiger partial charge is 0.219 e. The Hall–Kier alpha value is -1.66. The summed E-state index contributed by atoms with van der Waals surface area (Å²) in [6, 6.07) is 6.96. The number of carbonyl (C=O) groups excluding carboxylic acids is 1. The van der Waals surface area contributed by atoms with Gasteiger partial charge >= 0.3 is 0 Å². The molecule has 2 aromatic heterocycles. The van der Waals surface area contributed by atoms with Gasteiger partial charge in [0, 0.05) is 38.2 Å². The van der Waals surface area contributed by atoms with Gasteiger partial charge in [0.25, 0.3) is 0 Å². The van der Waals surface area contributed by atoms with Crippen LogP contribution in [-0.4, -0.2) is 46.0 Å². The molecule has 2 saturated heterocycles. The maximum Gasteiger partial charge on any atom is 0.219 e. The Morgan fingerprint density at radius 2 is 2.17 bits per heavy atom. The van der Waals surface area contributed by atoms with Gasteiger partial charge in [0.1, 0.15) is 0 Å². The Morgan fingerprint density at radius 3 is 2.96 bits per heavy atom. The summed E-state index contributed by atoms with van der Waals surface area (Å²) < 4.78 is 5.51. The normalized spacial score (nSPS) is 24.8. The fourth-order valence-electron chi connectivity index (χ4n) is 4.20. The maximum absolute atomic E-state index is 11.9. The maximum atomic E-state index is 11.9. The summed E-state index contributed by atoms with van der Waals surface area (Å²) in [4.78, 5) is 17.6. The Bertz CT molecular complexity index is 697. The van der Waals surface area contributed by atoms with Gasteiger partial charge in [-0.2, -0.15) is 0 Å². The Labute approximate surface area is 146 Å².